The van der Waals surface area contributed by atoms with Crippen LogP contribution in [0.2, 0.25) is 0 Å². The van der Waals surface area contributed by atoms with E-state index < -0.39 is 0 Å². The van der Waals surface area contributed by atoms with Gasteiger partial charge in [0.1, 0.15) is 5.82 Å². The van der Waals surface area contributed by atoms with E-state index in [1.165, 1.54) is 0 Å². The SMILES string of the molecule is CCCNc1nc(-c2ccc(Br)s2)ncc1I. The van der Waals surface area contributed by atoms with Crippen molar-refractivity contribution in [2.24, 2.45) is 0 Å². The number of nitrogens with one attached hydrogen (secondary N) is 1. The number of nitrogens with zero attached hydrogens (tertiary/aromatic N) is 2. The monoisotopic (exact) mass is 423 g/mol. The summed E-state index contributed by atoms with van der Waals surface area (Å²) in [6.07, 6.45) is 2.94. The van der Waals surface area contributed by atoms with E-state index in [0.717, 1.165) is 36.8 Å². The summed E-state index contributed by atoms with van der Waals surface area (Å²) in [7, 11) is 0. The Morgan fingerprint density at radius 2 is 2.29 bits per heavy atom. The van der Waals surface area contributed by atoms with Crippen LogP contribution in [0.5, 0.6) is 0 Å². The summed E-state index contributed by atoms with van der Waals surface area (Å²) in [6.45, 7) is 3.07. The maximum absolute atomic E-state index is 4.55. The average Bonchev–Trinajstić information content (AvgIpc) is 2.75. The van der Waals surface area contributed by atoms with E-state index in [-0.39, 0.29) is 0 Å². The Kier molecular flexibility index (Phi) is 4.75. The molecule has 2 aromatic heterocycles. The average molecular weight is 424 g/mol. The molecule has 0 spiro atoms. The summed E-state index contributed by atoms with van der Waals surface area (Å²) in [5.74, 6) is 1.70. The minimum absolute atomic E-state index is 0.778. The Morgan fingerprint density at radius 1 is 1.47 bits per heavy atom. The molecular weight excluding hydrogens is 413 g/mol. The zero-order valence-corrected chi connectivity index (χ0v) is 13.8. The zero-order chi connectivity index (χ0) is 12.3. The van der Waals surface area contributed by atoms with E-state index in [1.807, 2.05) is 18.3 Å². The summed E-state index contributed by atoms with van der Waals surface area (Å²) in [5.41, 5.74) is 0. The second kappa shape index (κ2) is 6.10. The third-order valence-electron chi connectivity index (χ3n) is 2.08. The third-order valence-corrected chi connectivity index (χ3v) is 4.49. The normalized spacial score (nSPS) is 10.5. The zero-order valence-electron chi connectivity index (χ0n) is 9.20. The lowest BCUT2D eigenvalue weighted by Gasteiger charge is -2.07. The van der Waals surface area contributed by atoms with Crippen molar-refractivity contribution in [2.45, 2.75) is 13.3 Å². The highest BCUT2D eigenvalue weighted by Gasteiger charge is 2.08. The van der Waals surface area contributed by atoms with Gasteiger partial charge in [-0.3, -0.25) is 0 Å². The van der Waals surface area contributed by atoms with Crippen molar-refractivity contribution in [3.63, 3.8) is 0 Å². The van der Waals surface area contributed by atoms with Crippen LogP contribution in [0.1, 0.15) is 13.3 Å². The fourth-order valence-corrected chi connectivity index (χ4v) is 3.07. The number of halogens is 2. The maximum Gasteiger partial charge on any atom is 0.171 e. The molecule has 2 aromatic rings. The molecule has 0 aromatic carbocycles. The summed E-state index contributed by atoms with van der Waals surface area (Å²) in [6, 6.07) is 4.04. The molecule has 6 heteroatoms. The minimum Gasteiger partial charge on any atom is -0.369 e. The molecule has 0 unspecified atom stereocenters. The second-order valence-corrected chi connectivity index (χ2v) is 7.05. The standard InChI is InChI=1S/C11H11BrIN3S/c1-2-5-14-10-7(13)6-15-11(16-10)8-3-4-9(12)17-8/h3-4,6H,2,5H2,1H3,(H,14,15,16). The first-order valence-electron chi connectivity index (χ1n) is 5.23. The molecule has 0 atom stereocenters. The number of hydrogen-bond donors (Lipinski definition) is 1. The number of hydrogen-bond acceptors (Lipinski definition) is 4. The van der Waals surface area contributed by atoms with Gasteiger partial charge < -0.3 is 5.32 Å². The van der Waals surface area contributed by atoms with Gasteiger partial charge in [0, 0.05) is 12.7 Å². The third kappa shape index (κ3) is 3.38. The van der Waals surface area contributed by atoms with Gasteiger partial charge in [-0.15, -0.1) is 11.3 Å². The van der Waals surface area contributed by atoms with E-state index in [2.05, 4.69) is 60.7 Å². The van der Waals surface area contributed by atoms with Gasteiger partial charge in [-0.1, -0.05) is 6.92 Å². The van der Waals surface area contributed by atoms with Crippen molar-refractivity contribution >= 4 is 55.7 Å². The molecule has 0 amide bonds. The molecule has 2 heterocycles. The first-order chi connectivity index (χ1) is 8.20. The van der Waals surface area contributed by atoms with Crippen LogP contribution in [-0.2, 0) is 0 Å². The van der Waals surface area contributed by atoms with Crippen molar-refractivity contribution < 1.29 is 0 Å². The fraction of sp³-hybridized carbons (Fsp3) is 0.273. The highest BCUT2D eigenvalue weighted by molar-refractivity contribution is 14.1. The van der Waals surface area contributed by atoms with E-state index >= 15 is 0 Å². The Morgan fingerprint density at radius 3 is 2.94 bits per heavy atom. The molecular formula is C11H11BrIN3S. The van der Waals surface area contributed by atoms with Crippen LogP contribution in [0.4, 0.5) is 5.82 Å². The first-order valence-corrected chi connectivity index (χ1v) is 7.91. The molecule has 0 bridgehead atoms. The minimum atomic E-state index is 0.778. The van der Waals surface area contributed by atoms with Crippen molar-refractivity contribution in [3.8, 4) is 10.7 Å². The first kappa shape index (κ1) is 13.2. The van der Waals surface area contributed by atoms with Crippen molar-refractivity contribution in [3.05, 3.63) is 25.7 Å². The van der Waals surface area contributed by atoms with Crippen LogP contribution in [-0.4, -0.2) is 16.5 Å². The van der Waals surface area contributed by atoms with Gasteiger partial charge >= 0.3 is 0 Å². The fourth-order valence-electron chi connectivity index (χ4n) is 1.29. The Labute approximate surface area is 126 Å². The number of anilines is 1. The van der Waals surface area contributed by atoms with Crippen LogP contribution in [0.25, 0.3) is 10.7 Å². The largest absolute Gasteiger partial charge is 0.369 e. The van der Waals surface area contributed by atoms with E-state index in [0.29, 0.717) is 0 Å². The topological polar surface area (TPSA) is 37.8 Å². The van der Waals surface area contributed by atoms with Gasteiger partial charge in [-0.25, -0.2) is 9.97 Å². The number of thiophene rings is 1. The van der Waals surface area contributed by atoms with Crippen molar-refractivity contribution in [2.75, 3.05) is 11.9 Å². The highest BCUT2D eigenvalue weighted by atomic mass is 127. The van der Waals surface area contributed by atoms with Crippen LogP contribution in [0.15, 0.2) is 22.1 Å². The molecule has 0 aliphatic carbocycles. The Hall–Kier alpha value is -0.210. The van der Waals surface area contributed by atoms with E-state index in [9.17, 15) is 0 Å². The lowest BCUT2D eigenvalue weighted by molar-refractivity contribution is 0.963. The Bertz CT molecular complexity index is 515. The summed E-state index contributed by atoms with van der Waals surface area (Å²) in [5, 5.41) is 3.31. The van der Waals surface area contributed by atoms with Gasteiger partial charge in [0.2, 0.25) is 0 Å². The van der Waals surface area contributed by atoms with Gasteiger partial charge in [0.05, 0.1) is 12.2 Å². The molecule has 90 valence electrons. The molecule has 0 aliphatic heterocycles. The smallest absolute Gasteiger partial charge is 0.171 e. The van der Waals surface area contributed by atoms with Crippen LogP contribution >= 0.6 is 49.9 Å². The van der Waals surface area contributed by atoms with Crippen LogP contribution < -0.4 is 5.32 Å². The van der Waals surface area contributed by atoms with Gasteiger partial charge in [0.25, 0.3) is 0 Å². The molecule has 0 saturated heterocycles. The van der Waals surface area contributed by atoms with Gasteiger partial charge in [-0.05, 0) is 57.1 Å². The summed E-state index contributed by atoms with van der Waals surface area (Å²) < 4.78 is 2.15. The predicted octanol–water partition coefficient (Wildman–Crippen LogP) is 4.39. The molecule has 2 rings (SSSR count). The molecule has 0 fully saturated rings. The van der Waals surface area contributed by atoms with E-state index in [1.54, 1.807) is 11.3 Å². The molecule has 17 heavy (non-hydrogen) atoms. The highest BCUT2D eigenvalue weighted by Crippen LogP contribution is 2.30. The van der Waals surface area contributed by atoms with E-state index in [4.69, 9.17) is 0 Å². The molecule has 3 nitrogen and oxygen atoms in total. The van der Waals surface area contributed by atoms with Crippen molar-refractivity contribution in [1.29, 1.82) is 0 Å². The second-order valence-electron chi connectivity index (χ2n) is 3.42. The van der Waals surface area contributed by atoms with Gasteiger partial charge in [0.15, 0.2) is 5.82 Å². The lowest BCUT2D eigenvalue weighted by Crippen LogP contribution is -2.05. The van der Waals surface area contributed by atoms with Crippen LogP contribution in [0, 0.1) is 3.57 Å². The van der Waals surface area contributed by atoms with Gasteiger partial charge in [-0.2, -0.15) is 0 Å². The molecule has 0 radical (unpaired) electrons. The molecule has 1 N–H and O–H groups in total. The Balaban J connectivity index is 2.30. The summed E-state index contributed by atoms with van der Waals surface area (Å²) in [4.78, 5) is 9.99. The molecule has 0 aliphatic rings. The number of aromatic nitrogens is 2. The number of rotatable bonds is 4. The predicted molar refractivity (Wildman–Crippen MR) is 84.5 cm³/mol. The molecule has 0 saturated carbocycles. The lowest BCUT2D eigenvalue weighted by atomic mass is 10.4. The summed E-state index contributed by atoms with van der Waals surface area (Å²) >= 11 is 7.34. The van der Waals surface area contributed by atoms with Crippen LogP contribution in [0.3, 0.4) is 0 Å². The van der Waals surface area contributed by atoms with Crippen molar-refractivity contribution in [1.82, 2.24) is 9.97 Å². The maximum atomic E-state index is 4.55. The quantitative estimate of drug-likeness (QED) is 0.741.